The van der Waals surface area contributed by atoms with Crippen LogP contribution in [-0.4, -0.2) is 27.2 Å². The lowest BCUT2D eigenvalue weighted by molar-refractivity contribution is 0.357. The zero-order valence-electron chi connectivity index (χ0n) is 8.02. The number of methoxy groups -OCH3 is 1. The molecule has 2 aromatic rings. The molecule has 0 amide bonds. The third-order valence-corrected chi connectivity index (χ3v) is 3.47. The standard InChI is InChI=1S/C8H6IN3O3S/c1-15-4-6(13)11-5(12-7(4)14)8-10-2-3(9)16-8/h2H,1H3,(H2,11,12,13,14). The van der Waals surface area contributed by atoms with Gasteiger partial charge < -0.3 is 14.8 Å². The summed E-state index contributed by atoms with van der Waals surface area (Å²) in [6, 6.07) is 0. The summed E-state index contributed by atoms with van der Waals surface area (Å²) in [5.41, 5.74) is -0.532. The number of aromatic amines is 1. The van der Waals surface area contributed by atoms with Gasteiger partial charge in [0, 0.05) is 0 Å². The van der Waals surface area contributed by atoms with Gasteiger partial charge in [0.1, 0.15) is 0 Å². The first-order valence-corrected chi connectivity index (χ1v) is 6.00. The van der Waals surface area contributed by atoms with E-state index in [1.165, 1.54) is 18.4 Å². The predicted octanol–water partition coefficient (Wildman–Crippen LogP) is 1.21. The van der Waals surface area contributed by atoms with Gasteiger partial charge >= 0.3 is 0 Å². The van der Waals surface area contributed by atoms with Crippen molar-refractivity contribution in [2.24, 2.45) is 0 Å². The molecule has 0 radical (unpaired) electrons. The molecule has 0 saturated heterocycles. The molecule has 0 fully saturated rings. The van der Waals surface area contributed by atoms with Gasteiger partial charge in [0.05, 0.1) is 16.2 Å². The van der Waals surface area contributed by atoms with Gasteiger partial charge in [-0.15, -0.1) is 11.3 Å². The second kappa shape index (κ2) is 4.37. The normalized spacial score (nSPS) is 10.4. The fraction of sp³-hybridized carbons (Fsp3) is 0.125. The summed E-state index contributed by atoms with van der Waals surface area (Å²) in [6.45, 7) is 0. The number of thiazole rings is 1. The predicted molar refractivity (Wildman–Crippen MR) is 66.9 cm³/mol. The lowest BCUT2D eigenvalue weighted by Crippen LogP contribution is -2.11. The first kappa shape index (κ1) is 11.3. The van der Waals surface area contributed by atoms with Gasteiger partial charge in [-0.3, -0.25) is 4.79 Å². The number of aromatic nitrogens is 3. The first-order valence-electron chi connectivity index (χ1n) is 4.11. The van der Waals surface area contributed by atoms with Crippen LogP contribution in [0.5, 0.6) is 11.6 Å². The molecule has 0 aliphatic rings. The van der Waals surface area contributed by atoms with Crippen molar-refractivity contribution in [1.29, 1.82) is 0 Å². The van der Waals surface area contributed by atoms with E-state index in [0.29, 0.717) is 5.01 Å². The van der Waals surface area contributed by atoms with Crippen LogP contribution in [0.3, 0.4) is 0 Å². The zero-order chi connectivity index (χ0) is 11.7. The molecule has 2 N–H and O–H groups in total. The minimum atomic E-state index is -0.532. The van der Waals surface area contributed by atoms with Gasteiger partial charge in [0.15, 0.2) is 10.8 Å². The second-order valence-electron chi connectivity index (χ2n) is 2.74. The Hall–Kier alpha value is -1.16. The monoisotopic (exact) mass is 351 g/mol. The van der Waals surface area contributed by atoms with Crippen molar-refractivity contribution in [3.8, 4) is 22.5 Å². The molecule has 0 aliphatic heterocycles. The van der Waals surface area contributed by atoms with Crippen molar-refractivity contribution in [3.63, 3.8) is 0 Å². The maximum atomic E-state index is 11.5. The smallest absolute Gasteiger partial charge is 0.297 e. The highest BCUT2D eigenvalue weighted by Gasteiger charge is 2.13. The summed E-state index contributed by atoms with van der Waals surface area (Å²) in [5.74, 6) is -0.405. The van der Waals surface area contributed by atoms with Gasteiger partial charge in [-0.25, -0.2) is 4.98 Å². The highest BCUT2D eigenvalue weighted by molar-refractivity contribution is 14.1. The van der Waals surface area contributed by atoms with Gasteiger partial charge in [-0.05, 0) is 22.6 Å². The van der Waals surface area contributed by atoms with Gasteiger partial charge in [0.2, 0.25) is 5.75 Å². The number of ether oxygens (including phenoxy) is 1. The topological polar surface area (TPSA) is 88.1 Å². The molecule has 0 aromatic carbocycles. The molecular formula is C8H6IN3O3S. The molecule has 0 saturated carbocycles. The average molecular weight is 351 g/mol. The maximum Gasteiger partial charge on any atom is 0.297 e. The van der Waals surface area contributed by atoms with Crippen LogP contribution in [-0.2, 0) is 0 Å². The molecule has 0 unspecified atom stereocenters. The summed E-state index contributed by atoms with van der Waals surface area (Å²) < 4.78 is 5.66. The van der Waals surface area contributed by atoms with Crippen LogP contribution < -0.4 is 10.3 Å². The lowest BCUT2D eigenvalue weighted by Gasteiger charge is -2.02. The molecule has 0 spiro atoms. The summed E-state index contributed by atoms with van der Waals surface area (Å²) >= 11 is 3.47. The first-order chi connectivity index (χ1) is 7.61. The Kier molecular flexibility index (Phi) is 3.10. The molecule has 2 aromatic heterocycles. The number of hydrogen-bond acceptors (Lipinski definition) is 6. The van der Waals surface area contributed by atoms with Gasteiger partial charge in [-0.1, -0.05) is 0 Å². The van der Waals surface area contributed by atoms with E-state index in [4.69, 9.17) is 4.74 Å². The molecule has 0 aliphatic carbocycles. The third kappa shape index (κ3) is 2.02. The maximum absolute atomic E-state index is 11.5. The summed E-state index contributed by atoms with van der Waals surface area (Å²) in [4.78, 5) is 21.8. The largest absolute Gasteiger partial charge is 0.490 e. The highest BCUT2D eigenvalue weighted by Crippen LogP contribution is 2.25. The summed E-state index contributed by atoms with van der Waals surface area (Å²) in [7, 11) is 1.29. The quantitative estimate of drug-likeness (QED) is 0.795. The van der Waals surface area contributed by atoms with E-state index in [1.807, 2.05) is 0 Å². The molecule has 0 bridgehead atoms. The summed E-state index contributed by atoms with van der Waals surface area (Å²) in [6.07, 6.45) is 1.65. The fourth-order valence-electron chi connectivity index (χ4n) is 1.10. The van der Waals surface area contributed by atoms with E-state index in [2.05, 4.69) is 37.5 Å². The van der Waals surface area contributed by atoms with Crippen LogP contribution in [0.15, 0.2) is 11.0 Å². The van der Waals surface area contributed by atoms with Gasteiger partial charge in [-0.2, -0.15) is 4.98 Å². The molecule has 8 heteroatoms. The molecule has 2 rings (SSSR count). The average Bonchev–Trinajstić information content (AvgIpc) is 2.64. The van der Waals surface area contributed by atoms with E-state index in [0.717, 1.165) is 2.88 Å². The Balaban J connectivity index is 2.56. The summed E-state index contributed by atoms with van der Waals surface area (Å²) in [5, 5.41) is 10.0. The van der Waals surface area contributed by atoms with E-state index in [-0.39, 0.29) is 11.6 Å². The number of aromatic hydroxyl groups is 1. The Morgan fingerprint density at radius 3 is 2.88 bits per heavy atom. The third-order valence-electron chi connectivity index (χ3n) is 1.74. The van der Waals surface area contributed by atoms with E-state index in [1.54, 1.807) is 6.20 Å². The van der Waals surface area contributed by atoms with E-state index < -0.39 is 11.4 Å². The highest BCUT2D eigenvalue weighted by atomic mass is 127. The van der Waals surface area contributed by atoms with Crippen LogP contribution in [0.1, 0.15) is 0 Å². The SMILES string of the molecule is COc1c(O)nc(-c2ncc(I)s2)[nH]c1=O. The molecular weight excluding hydrogens is 345 g/mol. The number of hydrogen-bond donors (Lipinski definition) is 2. The van der Waals surface area contributed by atoms with Crippen molar-refractivity contribution in [2.45, 2.75) is 0 Å². The number of nitrogens with zero attached hydrogens (tertiary/aromatic N) is 2. The molecule has 6 nitrogen and oxygen atoms in total. The molecule has 16 heavy (non-hydrogen) atoms. The van der Waals surface area contributed by atoms with Crippen molar-refractivity contribution < 1.29 is 9.84 Å². The fourth-order valence-corrected chi connectivity index (χ4v) is 2.45. The van der Waals surface area contributed by atoms with Crippen molar-refractivity contribution in [2.75, 3.05) is 7.11 Å². The molecule has 84 valence electrons. The van der Waals surface area contributed by atoms with Crippen LogP contribution in [0.4, 0.5) is 0 Å². The van der Waals surface area contributed by atoms with E-state index in [9.17, 15) is 9.90 Å². The van der Waals surface area contributed by atoms with Crippen LogP contribution >= 0.6 is 33.9 Å². The molecule has 0 atom stereocenters. The molecule has 2 heterocycles. The van der Waals surface area contributed by atoms with Crippen molar-refractivity contribution in [1.82, 2.24) is 15.0 Å². The lowest BCUT2D eigenvalue weighted by atomic mass is 10.5. The Bertz CT molecular complexity index is 580. The number of halogens is 1. The number of rotatable bonds is 2. The van der Waals surface area contributed by atoms with E-state index >= 15 is 0 Å². The van der Waals surface area contributed by atoms with Crippen LogP contribution in [0.2, 0.25) is 0 Å². The minimum absolute atomic E-state index is 0.199. The minimum Gasteiger partial charge on any atom is -0.490 e. The zero-order valence-corrected chi connectivity index (χ0v) is 11.0. The number of H-pyrrole nitrogens is 1. The van der Waals surface area contributed by atoms with Crippen LogP contribution in [0.25, 0.3) is 10.8 Å². The Morgan fingerprint density at radius 2 is 2.38 bits per heavy atom. The van der Waals surface area contributed by atoms with Crippen molar-refractivity contribution >= 4 is 33.9 Å². The number of nitrogens with one attached hydrogen (secondary N) is 1. The van der Waals surface area contributed by atoms with Crippen molar-refractivity contribution in [3.05, 3.63) is 19.4 Å². The van der Waals surface area contributed by atoms with Gasteiger partial charge in [0.25, 0.3) is 11.4 Å². The van der Waals surface area contributed by atoms with Crippen LogP contribution in [0, 0.1) is 2.88 Å². The Morgan fingerprint density at radius 1 is 1.62 bits per heavy atom. The Labute approximate surface area is 107 Å². The second-order valence-corrected chi connectivity index (χ2v) is 5.67.